The van der Waals surface area contributed by atoms with E-state index in [2.05, 4.69) is 31.5 Å². The van der Waals surface area contributed by atoms with Gasteiger partial charge in [0.1, 0.15) is 5.82 Å². The van der Waals surface area contributed by atoms with E-state index in [4.69, 9.17) is 0 Å². The first kappa shape index (κ1) is 18.6. The summed E-state index contributed by atoms with van der Waals surface area (Å²) in [6.45, 7) is 2.69. The van der Waals surface area contributed by atoms with E-state index >= 15 is 0 Å². The van der Waals surface area contributed by atoms with Crippen LogP contribution in [-0.2, 0) is 16.1 Å². The lowest BCUT2D eigenvalue weighted by Gasteiger charge is -2.15. The molecule has 2 aromatic rings. The fourth-order valence-corrected chi connectivity index (χ4v) is 3.35. The average molecular weight is 411 g/mol. The van der Waals surface area contributed by atoms with Crippen LogP contribution in [-0.4, -0.2) is 41.8 Å². The van der Waals surface area contributed by atoms with Gasteiger partial charge in [-0.3, -0.25) is 14.5 Å². The molecule has 2 N–H and O–H groups in total. The number of aromatic nitrogens is 1. The number of nitrogens with zero attached hydrogens (tertiary/aromatic N) is 2. The van der Waals surface area contributed by atoms with Crippen molar-refractivity contribution in [2.75, 3.05) is 25.5 Å². The van der Waals surface area contributed by atoms with Gasteiger partial charge in [0.25, 0.3) is 0 Å². The normalized spacial score (nSPS) is 10.7. The number of hydrogen-bond acceptors (Lipinski definition) is 5. The Labute approximate surface area is 153 Å². The summed E-state index contributed by atoms with van der Waals surface area (Å²) in [7, 11) is 1.73. The zero-order valence-electron chi connectivity index (χ0n) is 13.5. The van der Waals surface area contributed by atoms with E-state index in [1.54, 1.807) is 35.5 Å². The number of hydrogen-bond donors (Lipinski definition) is 2. The smallest absolute Gasteiger partial charge is 0.239 e. The van der Waals surface area contributed by atoms with Gasteiger partial charge >= 0.3 is 0 Å². The zero-order valence-corrected chi connectivity index (χ0v) is 15.9. The van der Waals surface area contributed by atoms with Crippen LogP contribution in [0.2, 0.25) is 0 Å². The maximum absolute atomic E-state index is 11.9. The lowest BCUT2D eigenvalue weighted by atomic mass is 10.3. The molecule has 2 aromatic heterocycles. The van der Waals surface area contributed by atoms with Gasteiger partial charge in [0.15, 0.2) is 0 Å². The standard InChI is InChI=1S/C16H19BrN4O2S/c1-11-3-4-14(18-6-11)20-16(23)9-21(2)8-15(22)19-7-13-5-12(17)10-24-13/h3-6,10H,7-9H2,1-2H3,(H,19,22)(H,18,20,23). The van der Waals surface area contributed by atoms with Gasteiger partial charge in [0.05, 0.1) is 19.6 Å². The largest absolute Gasteiger partial charge is 0.350 e. The topological polar surface area (TPSA) is 74.3 Å². The van der Waals surface area contributed by atoms with Gasteiger partial charge in [-0.2, -0.15) is 0 Å². The van der Waals surface area contributed by atoms with Crippen LogP contribution in [0.5, 0.6) is 0 Å². The van der Waals surface area contributed by atoms with Crippen molar-refractivity contribution in [1.82, 2.24) is 15.2 Å². The van der Waals surface area contributed by atoms with E-state index < -0.39 is 0 Å². The van der Waals surface area contributed by atoms with Crippen molar-refractivity contribution in [1.29, 1.82) is 0 Å². The second kappa shape index (κ2) is 8.91. The Bertz CT molecular complexity index is 702. The molecule has 0 saturated heterocycles. The fourth-order valence-electron chi connectivity index (χ4n) is 1.96. The minimum absolute atomic E-state index is 0.119. The molecule has 0 atom stereocenters. The molecular weight excluding hydrogens is 392 g/mol. The molecule has 2 amide bonds. The quantitative estimate of drug-likeness (QED) is 0.734. The second-order valence-corrected chi connectivity index (χ2v) is 7.36. The van der Waals surface area contributed by atoms with E-state index in [0.29, 0.717) is 12.4 Å². The molecule has 0 aliphatic rings. The number of nitrogens with one attached hydrogen (secondary N) is 2. The maximum atomic E-state index is 11.9. The number of likely N-dealkylation sites (N-methyl/N-ethyl adjacent to an activating group) is 1. The lowest BCUT2D eigenvalue weighted by Crippen LogP contribution is -2.38. The summed E-state index contributed by atoms with van der Waals surface area (Å²) in [5, 5.41) is 7.51. The highest BCUT2D eigenvalue weighted by Gasteiger charge is 2.11. The molecule has 2 heterocycles. The van der Waals surface area contributed by atoms with Crippen LogP contribution in [0, 0.1) is 6.92 Å². The van der Waals surface area contributed by atoms with Crippen LogP contribution in [0.15, 0.2) is 34.2 Å². The van der Waals surface area contributed by atoms with Crippen LogP contribution in [0.1, 0.15) is 10.4 Å². The van der Waals surface area contributed by atoms with Crippen LogP contribution in [0.3, 0.4) is 0 Å². The van der Waals surface area contributed by atoms with Crippen molar-refractivity contribution in [2.45, 2.75) is 13.5 Å². The summed E-state index contributed by atoms with van der Waals surface area (Å²) in [4.78, 5) is 30.7. The zero-order chi connectivity index (χ0) is 17.5. The first-order valence-electron chi connectivity index (χ1n) is 7.33. The Hall–Kier alpha value is -1.77. The number of thiophene rings is 1. The first-order valence-corrected chi connectivity index (χ1v) is 9.00. The minimum atomic E-state index is -0.205. The van der Waals surface area contributed by atoms with Gasteiger partial charge in [-0.1, -0.05) is 6.07 Å². The van der Waals surface area contributed by atoms with Crippen LogP contribution >= 0.6 is 27.3 Å². The number of anilines is 1. The molecule has 0 spiro atoms. The molecule has 0 fully saturated rings. The van der Waals surface area contributed by atoms with Gasteiger partial charge in [-0.05, 0) is 47.6 Å². The van der Waals surface area contributed by atoms with Gasteiger partial charge in [-0.25, -0.2) is 4.98 Å². The summed E-state index contributed by atoms with van der Waals surface area (Å²) in [6, 6.07) is 5.60. The maximum Gasteiger partial charge on any atom is 0.239 e. The van der Waals surface area contributed by atoms with Gasteiger partial charge < -0.3 is 10.6 Å². The number of halogens is 1. The minimum Gasteiger partial charge on any atom is -0.350 e. The molecule has 0 bridgehead atoms. The summed E-state index contributed by atoms with van der Waals surface area (Å²) >= 11 is 4.95. The molecular formula is C16H19BrN4O2S. The first-order chi connectivity index (χ1) is 11.4. The number of pyridine rings is 1. The monoisotopic (exact) mass is 410 g/mol. The Kier molecular flexibility index (Phi) is 6.89. The van der Waals surface area contributed by atoms with E-state index in [1.807, 2.05) is 24.4 Å². The summed E-state index contributed by atoms with van der Waals surface area (Å²) in [5.41, 5.74) is 1.03. The molecule has 0 aliphatic carbocycles. The Morgan fingerprint density at radius 3 is 2.67 bits per heavy atom. The Balaban J connectivity index is 1.71. The molecule has 0 aromatic carbocycles. The predicted molar refractivity (Wildman–Crippen MR) is 99.0 cm³/mol. The van der Waals surface area contributed by atoms with Crippen molar-refractivity contribution >= 4 is 44.9 Å². The third-order valence-corrected chi connectivity index (χ3v) is 4.79. The number of aryl methyl sites for hydroxylation is 1. The molecule has 0 aliphatic heterocycles. The molecule has 0 radical (unpaired) electrons. The summed E-state index contributed by atoms with van der Waals surface area (Å²) in [5.74, 6) is 0.179. The molecule has 0 unspecified atom stereocenters. The molecule has 6 nitrogen and oxygen atoms in total. The Morgan fingerprint density at radius 1 is 1.29 bits per heavy atom. The fraction of sp³-hybridized carbons (Fsp3) is 0.312. The van der Waals surface area contributed by atoms with E-state index in [-0.39, 0.29) is 24.9 Å². The number of amides is 2. The molecule has 128 valence electrons. The van der Waals surface area contributed by atoms with Crippen molar-refractivity contribution in [3.05, 3.63) is 44.7 Å². The van der Waals surface area contributed by atoms with Crippen molar-refractivity contribution in [3.8, 4) is 0 Å². The summed E-state index contributed by atoms with van der Waals surface area (Å²) < 4.78 is 1.01. The highest BCUT2D eigenvalue weighted by Crippen LogP contribution is 2.19. The van der Waals surface area contributed by atoms with E-state index in [9.17, 15) is 9.59 Å². The Morgan fingerprint density at radius 2 is 2.04 bits per heavy atom. The molecule has 2 rings (SSSR count). The van der Waals surface area contributed by atoms with E-state index in [1.165, 1.54) is 0 Å². The summed E-state index contributed by atoms with van der Waals surface area (Å²) in [6.07, 6.45) is 1.69. The van der Waals surface area contributed by atoms with Gasteiger partial charge in [0.2, 0.25) is 11.8 Å². The lowest BCUT2D eigenvalue weighted by molar-refractivity contribution is -0.123. The average Bonchev–Trinajstić information content (AvgIpc) is 2.93. The third kappa shape index (κ3) is 6.38. The SMILES string of the molecule is Cc1ccc(NC(=O)CN(C)CC(=O)NCc2cc(Br)cs2)nc1. The van der Waals surface area contributed by atoms with Crippen LogP contribution < -0.4 is 10.6 Å². The van der Waals surface area contributed by atoms with Gasteiger partial charge in [-0.15, -0.1) is 11.3 Å². The van der Waals surface area contributed by atoms with Crippen molar-refractivity contribution in [2.24, 2.45) is 0 Å². The van der Waals surface area contributed by atoms with Crippen molar-refractivity contribution in [3.63, 3.8) is 0 Å². The molecule has 24 heavy (non-hydrogen) atoms. The number of rotatable bonds is 7. The molecule has 8 heteroatoms. The third-order valence-electron chi connectivity index (χ3n) is 3.09. The molecule has 0 saturated carbocycles. The second-order valence-electron chi connectivity index (χ2n) is 5.45. The number of carbonyl (C=O) groups excluding carboxylic acids is 2. The van der Waals surface area contributed by atoms with Crippen LogP contribution in [0.4, 0.5) is 5.82 Å². The highest BCUT2D eigenvalue weighted by molar-refractivity contribution is 9.10. The predicted octanol–water partition coefficient (Wildman–Crippen LogP) is 2.40. The van der Waals surface area contributed by atoms with Crippen molar-refractivity contribution < 1.29 is 9.59 Å². The number of carbonyl (C=O) groups is 2. The van der Waals surface area contributed by atoms with E-state index in [0.717, 1.165) is 14.9 Å². The van der Waals surface area contributed by atoms with Crippen LogP contribution in [0.25, 0.3) is 0 Å². The highest BCUT2D eigenvalue weighted by atomic mass is 79.9. The van der Waals surface area contributed by atoms with Gasteiger partial charge in [0, 0.05) is 20.9 Å².